The summed E-state index contributed by atoms with van der Waals surface area (Å²) in [6.45, 7) is 1.60. The van der Waals surface area contributed by atoms with Crippen LogP contribution in [0.15, 0.2) is 36.5 Å². The number of benzene rings is 1. The van der Waals surface area contributed by atoms with Crippen LogP contribution in [0.25, 0.3) is 10.9 Å². The van der Waals surface area contributed by atoms with Crippen LogP contribution in [0.2, 0.25) is 0 Å². The van der Waals surface area contributed by atoms with Gasteiger partial charge < -0.3 is 14.6 Å². The van der Waals surface area contributed by atoms with E-state index in [1.165, 1.54) is 18.4 Å². The molecule has 0 bridgehead atoms. The van der Waals surface area contributed by atoms with Gasteiger partial charge in [-0.05, 0) is 30.3 Å². The number of aromatic nitrogens is 2. The van der Waals surface area contributed by atoms with E-state index < -0.39 is 0 Å². The van der Waals surface area contributed by atoms with E-state index in [1.54, 1.807) is 18.3 Å². The topological polar surface area (TPSA) is 82.0 Å². The van der Waals surface area contributed by atoms with Gasteiger partial charge in [-0.1, -0.05) is 0 Å². The number of methoxy groups -OCH3 is 1. The molecule has 4 rings (SSSR count). The van der Waals surface area contributed by atoms with Crippen molar-refractivity contribution >= 4 is 22.6 Å². The third kappa shape index (κ3) is 2.60. The molecular weight excluding hydrogens is 316 g/mol. The first-order valence-corrected chi connectivity index (χ1v) is 8.02. The second-order valence-electron chi connectivity index (χ2n) is 6.02. The molecule has 0 unspecified atom stereocenters. The van der Waals surface area contributed by atoms with Crippen LogP contribution in [0.4, 0.5) is 5.69 Å². The molecule has 3 heterocycles. The number of nitriles is 1. The Labute approximate surface area is 144 Å². The summed E-state index contributed by atoms with van der Waals surface area (Å²) in [6, 6.07) is 11.3. The Hall–Kier alpha value is -3.33. The van der Waals surface area contributed by atoms with Gasteiger partial charge in [-0.3, -0.25) is 0 Å². The van der Waals surface area contributed by atoms with Gasteiger partial charge in [0.15, 0.2) is 0 Å². The second-order valence-corrected chi connectivity index (χ2v) is 6.02. The highest BCUT2D eigenvalue weighted by Gasteiger charge is 2.22. The van der Waals surface area contributed by atoms with Crippen LogP contribution in [0.3, 0.4) is 0 Å². The van der Waals surface area contributed by atoms with Crippen LogP contribution in [-0.2, 0) is 17.7 Å². The highest BCUT2D eigenvalue weighted by molar-refractivity contribution is 5.96. The molecule has 1 N–H and O–H groups in total. The monoisotopic (exact) mass is 332 g/mol. The average molecular weight is 332 g/mol. The number of esters is 1. The first-order valence-electron chi connectivity index (χ1n) is 8.02. The van der Waals surface area contributed by atoms with Crippen LogP contribution >= 0.6 is 0 Å². The van der Waals surface area contributed by atoms with Crippen molar-refractivity contribution in [3.63, 3.8) is 0 Å². The molecule has 2 aromatic heterocycles. The van der Waals surface area contributed by atoms with Gasteiger partial charge in [-0.25, -0.2) is 9.78 Å². The van der Waals surface area contributed by atoms with Gasteiger partial charge in [0.25, 0.3) is 0 Å². The van der Waals surface area contributed by atoms with Gasteiger partial charge >= 0.3 is 5.97 Å². The van der Waals surface area contributed by atoms with E-state index >= 15 is 0 Å². The Kier molecular flexibility index (Phi) is 3.62. The quantitative estimate of drug-likeness (QED) is 0.730. The third-order valence-corrected chi connectivity index (χ3v) is 4.62. The molecule has 0 spiro atoms. The molecule has 1 aromatic carbocycles. The van der Waals surface area contributed by atoms with Crippen molar-refractivity contribution in [2.45, 2.75) is 13.0 Å². The molecule has 6 nitrogen and oxygen atoms in total. The fourth-order valence-corrected chi connectivity index (χ4v) is 3.32. The van der Waals surface area contributed by atoms with Crippen molar-refractivity contribution < 1.29 is 9.53 Å². The van der Waals surface area contributed by atoms with E-state index in [-0.39, 0.29) is 5.97 Å². The van der Waals surface area contributed by atoms with Gasteiger partial charge in [0.1, 0.15) is 11.8 Å². The molecular formula is C19H16N4O2. The molecule has 0 amide bonds. The zero-order valence-corrected chi connectivity index (χ0v) is 13.7. The van der Waals surface area contributed by atoms with E-state index in [0.29, 0.717) is 11.3 Å². The third-order valence-electron chi connectivity index (χ3n) is 4.62. The highest BCUT2D eigenvalue weighted by atomic mass is 16.5. The molecule has 6 heteroatoms. The van der Waals surface area contributed by atoms with Crippen LogP contribution in [0.1, 0.15) is 27.3 Å². The summed E-state index contributed by atoms with van der Waals surface area (Å²) in [6.07, 6.45) is 2.62. The average Bonchev–Trinajstić information content (AvgIpc) is 3.04. The standard InChI is InChI=1S/C19H16N4O2/c1-25-19(24)12-2-5-17-15(8-12)16-11-23(7-6-18(16)22-17)14-4-3-13(9-20)21-10-14/h2-5,8,10,22H,6-7,11H2,1H3. The number of nitrogens with one attached hydrogen (secondary N) is 1. The Morgan fingerprint density at radius 2 is 2.24 bits per heavy atom. The van der Waals surface area contributed by atoms with Crippen LogP contribution in [0, 0.1) is 11.3 Å². The van der Waals surface area contributed by atoms with E-state index in [1.807, 2.05) is 24.3 Å². The minimum atomic E-state index is -0.333. The second kappa shape index (κ2) is 5.95. The summed E-state index contributed by atoms with van der Waals surface area (Å²) < 4.78 is 4.82. The molecule has 0 radical (unpaired) electrons. The minimum absolute atomic E-state index is 0.333. The first kappa shape index (κ1) is 15.2. The number of aromatic amines is 1. The molecule has 0 aliphatic carbocycles. The number of anilines is 1. The summed E-state index contributed by atoms with van der Waals surface area (Å²) in [5.41, 5.74) is 5.37. The molecule has 1 aliphatic rings. The van der Waals surface area contributed by atoms with Gasteiger partial charge in [0, 0.05) is 41.7 Å². The predicted octanol–water partition coefficient (Wildman–Crippen LogP) is 2.78. The van der Waals surface area contributed by atoms with E-state index in [0.717, 1.165) is 36.1 Å². The van der Waals surface area contributed by atoms with Gasteiger partial charge in [0.05, 0.1) is 24.6 Å². The van der Waals surface area contributed by atoms with Gasteiger partial charge in [0.2, 0.25) is 0 Å². The summed E-state index contributed by atoms with van der Waals surface area (Å²) >= 11 is 0. The minimum Gasteiger partial charge on any atom is -0.465 e. The SMILES string of the molecule is COC(=O)c1ccc2[nH]c3c(c2c1)CN(c1ccc(C#N)nc1)CC3. The molecule has 124 valence electrons. The summed E-state index contributed by atoms with van der Waals surface area (Å²) in [7, 11) is 1.39. The molecule has 25 heavy (non-hydrogen) atoms. The van der Waals surface area contributed by atoms with Crippen LogP contribution in [0.5, 0.6) is 0 Å². The number of carbonyl (C=O) groups is 1. The van der Waals surface area contributed by atoms with E-state index in [9.17, 15) is 4.79 Å². The predicted molar refractivity (Wildman–Crippen MR) is 93.3 cm³/mol. The van der Waals surface area contributed by atoms with Crippen molar-refractivity contribution in [1.82, 2.24) is 9.97 Å². The lowest BCUT2D eigenvalue weighted by molar-refractivity contribution is 0.0601. The number of H-pyrrole nitrogens is 1. The van der Waals surface area contributed by atoms with Crippen LogP contribution in [-0.4, -0.2) is 29.6 Å². The maximum absolute atomic E-state index is 11.8. The number of ether oxygens (including phenoxy) is 1. The lowest BCUT2D eigenvalue weighted by atomic mass is 10.0. The smallest absolute Gasteiger partial charge is 0.337 e. The Balaban J connectivity index is 1.71. The van der Waals surface area contributed by atoms with Gasteiger partial charge in [-0.15, -0.1) is 0 Å². The zero-order chi connectivity index (χ0) is 17.4. The normalized spacial score (nSPS) is 13.4. The number of pyridine rings is 1. The molecule has 1 aliphatic heterocycles. The lowest BCUT2D eigenvalue weighted by Gasteiger charge is -2.29. The molecule has 3 aromatic rings. The highest BCUT2D eigenvalue weighted by Crippen LogP contribution is 2.30. The molecule has 0 saturated heterocycles. The van der Waals surface area contributed by atoms with Crippen molar-refractivity contribution in [3.05, 3.63) is 59.0 Å². The first-order chi connectivity index (χ1) is 12.2. The van der Waals surface area contributed by atoms with Crippen molar-refractivity contribution in [3.8, 4) is 6.07 Å². The van der Waals surface area contributed by atoms with Crippen molar-refractivity contribution in [2.24, 2.45) is 0 Å². The molecule has 0 fully saturated rings. The molecule has 0 saturated carbocycles. The lowest BCUT2D eigenvalue weighted by Crippen LogP contribution is -2.30. The summed E-state index contributed by atoms with van der Waals surface area (Å²) in [5, 5.41) is 9.93. The number of hydrogen-bond donors (Lipinski definition) is 1. The van der Waals surface area contributed by atoms with E-state index in [4.69, 9.17) is 10.00 Å². The maximum Gasteiger partial charge on any atom is 0.337 e. The zero-order valence-electron chi connectivity index (χ0n) is 13.7. The maximum atomic E-state index is 11.8. The van der Waals surface area contributed by atoms with Gasteiger partial charge in [-0.2, -0.15) is 5.26 Å². The molecule has 0 atom stereocenters. The largest absolute Gasteiger partial charge is 0.465 e. The number of fused-ring (bicyclic) bond motifs is 3. The number of hydrogen-bond acceptors (Lipinski definition) is 5. The van der Waals surface area contributed by atoms with Crippen molar-refractivity contribution in [2.75, 3.05) is 18.6 Å². The number of rotatable bonds is 2. The fraction of sp³-hybridized carbons (Fsp3) is 0.211. The van der Waals surface area contributed by atoms with Crippen LogP contribution < -0.4 is 4.90 Å². The number of nitrogens with zero attached hydrogens (tertiary/aromatic N) is 3. The number of carbonyl (C=O) groups excluding carboxylic acids is 1. The van der Waals surface area contributed by atoms with Crippen molar-refractivity contribution in [1.29, 1.82) is 5.26 Å². The van der Waals surface area contributed by atoms with E-state index in [2.05, 4.69) is 14.9 Å². The Morgan fingerprint density at radius 1 is 1.36 bits per heavy atom. The Bertz CT molecular complexity index is 999. The Morgan fingerprint density at radius 3 is 2.96 bits per heavy atom. The summed E-state index contributed by atoms with van der Waals surface area (Å²) in [4.78, 5) is 21.7. The summed E-state index contributed by atoms with van der Waals surface area (Å²) in [5.74, 6) is -0.333. The fourth-order valence-electron chi connectivity index (χ4n) is 3.32.